The lowest BCUT2D eigenvalue weighted by atomic mass is 9.72. The third kappa shape index (κ3) is 9.52. The summed E-state index contributed by atoms with van der Waals surface area (Å²) in [5.41, 5.74) is 0.691. The van der Waals surface area contributed by atoms with Crippen molar-refractivity contribution in [1.82, 2.24) is 0 Å². The first-order valence-corrected chi connectivity index (χ1v) is 9.24. The Bertz CT molecular complexity index is 163. The maximum atomic E-state index is 2.43. The van der Waals surface area contributed by atoms with Crippen LogP contribution in [0.5, 0.6) is 0 Å². The molecule has 0 amide bonds. The van der Waals surface area contributed by atoms with Crippen LogP contribution in [0.4, 0.5) is 0 Å². The van der Waals surface area contributed by atoms with E-state index in [-0.39, 0.29) is 0 Å². The quantitative estimate of drug-likeness (QED) is 0.286. The zero-order valence-electron chi connectivity index (χ0n) is 14.4. The van der Waals surface area contributed by atoms with Gasteiger partial charge in [0, 0.05) is 0 Å². The minimum atomic E-state index is 0.691. The van der Waals surface area contributed by atoms with Crippen molar-refractivity contribution < 1.29 is 0 Å². The van der Waals surface area contributed by atoms with Crippen molar-refractivity contribution in [2.75, 3.05) is 0 Å². The van der Waals surface area contributed by atoms with Crippen molar-refractivity contribution in [1.29, 1.82) is 0 Å². The summed E-state index contributed by atoms with van der Waals surface area (Å²) in [6.45, 7) is 9.41. The number of rotatable bonds is 14. The van der Waals surface area contributed by atoms with E-state index in [2.05, 4.69) is 27.7 Å². The second kappa shape index (κ2) is 13.0. The number of hydrogen-bond donors (Lipinski definition) is 0. The zero-order chi connectivity index (χ0) is 14.4. The molecule has 0 saturated heterocycles. The Morgan fingerprint density at radius 1 is 0.474 bits per heavy atom. The van der Waals surface area contributed by atoms with Gasteiger partial charge >= 0.3 is 0 Å². The molecule has 0 aromatic rings. The lowest BCUT2D eigenvalue weighted by molar-refractivity contribution is 0.189. The molecule has 19 heavy (non-hydrogen) atoms. The van der Waals surface area contributed by atoms with Gasteiger partial charge in [-0.3, -0.25) is 0 Å². The minimum Gasteiger partial charge on any atom is -0.0654 e. The van der Waals surface area contributed by atoms with Gasteiger partial charge in [0.15, 0.2) is 0 Å². The third-order valence-electron chi connectivity index (χ3n) is 4.93. The summed E-state index contributed by atoms with van der Waals surface area (Å²) in [7, 11) is 0. The van der Waals surface area contributed by atoms with Gasteiger partial charge in [-0.2, -0.15) is 0 Å². The average Bonchev–Trinajstić information content (AvgIpc) is 2.45. The van der Waals surface area contributed by atoms with Gasteiger partial charge in [0.25, 0.3) is 0 Å². The van der Waals surface area contributed by atoms with Crippen LogP contribution in [-0.4, -0.2) is 0 Å². The highest BCUT2D eigenvalue weighted by atomic mass is 14.3. The fraction of sp³-hybridized carbons (Fsp3) is 1.00. The first kappa shape index (κ1) is 19.0. The summed E-state index contributed by atoms with van der Waals surface area (Å²) in [6, 6.07) is 0. The summed E-state index contributed by atoms with van der Waals surface area (Å²) in [5, 5.41) is 0. The summed E-state index contributed by atoms with van der Waals surface area (Å²) >= 11 is 0. The minimum absolute atomic E-state index is 0.691. The zero-order valence-corrected chi connectivity index (χ0v) is 14.4. The van der Waals surface area contributed by atoms with Crippen LogP contribution in [0.15, 0.2) is 0 Å². The van der Waals surface area contributed by atoms with Gasteiger partial charge in [-0.1, -0.05) is 98.3 Å². The smallest absolute Gasteiger partial charge is 0.0300 e. The van der Waals surface area contributed by atoms with Crippen LogP contribution in [0, 0.1) is 5.41 Å². The Kier molecular flexibility index (Phi) is 13.0. The third-order valence-corrected chi connectivity index (χ3v) is 4.93. The summed E-state index contributed by atoms with van der Waals surface area (Å²) < 4.78 is 0. The molecule has 0 saturated carbocycles. The first-order chi connectivity index (χ1) is 9.24. The highest BCUT2D eigenvalue weighted by Crippen LogP contribution is 2.39. The standard InChI is InChI=1S/C19H40/c1-5-9-12-13-14-15-18-19(8-4,16-10-6-2)17-11-7-3/h5-18H2,1-4H3. The van der Waals surface area contributed by atoms with Crippen LogP contribution in [0.3, 0.4) is 0 Å². The predicted octanol–water partition coefficient (Wildman–Crippen LogP) is 7.51. The predicted molar refractivity (Wildman–Crippen MR) is 89.8 cm³/mol. The Labute approximate surface area is 123 Å². The van der Waals surface area contributed by atoms with Crippen LogP contribution in [0.25, 0.3) is 0 Å². The number of unbranched alkanes of at least 4 members (excludes halogenated alkanes) is 7. The molecule has 0 aliphatic rings. The van der Waals surface area contributed by atoms with Crippen LogP contribution in [-0.2, 0) is 0 Å². The van der Waals surface area contributed by atoms with Gasteiger partial charge in [0.1, 0.15) is 0 Å². The monoisotopic (exact) mass is 268 g/mol. The Morgan fingerprint density at radius 3 is 1.37 bits per heavy atom. The van der Waals surface area contributed by atoms with Crippen molar-refractivity contribution in [2.45, 2.75) is 118 Å². The van der Waals surface area contributed by atoms with Gasteiger partial charge in [0.05, 0.1) is 0 Å². The molecule has 0 atom stereocenters. The van der Waals surface area contributed by atoms with E-state index in [1.165, 1.54) is 89.9 Å². The fourth-order valence-corrected chi connectivity index (χ4v) is 3.29. The van der Waals surface area contributed by atoms with Crippen molar-refractivity contribution in [3.63, 3.8) is 0 Å². The SMILES string of the molecule is CCCCCCCCC(CC)(CCCC)CCCC. The molecule has 0 spiro atoms. The molecular formula is C19H40. The molecule has 0 fully saturated rings. The van der Waals surface area contributed by atoms with E-state index in [0.29, 0.717) is 5.41 Å². The molecule has 0 radical (unpaired) electrons. The molecule has 0 unspecified atom stereocenters. The van der Waals surface area contributed by atoms with Gasteiger partial charge in [-0.05, 0) is 24.7 Å². The molecule has 0 aromatic heterocycles. The van der Waals surface area contributed by atoms with E-state index in [1.54, 1.807) is 0 Å². The van der Waals surface area contributed by atoms with E-state index in [0.717, 1.165) is 0 Å². The maximum Gasteiger partial charge on any atom is -0.0300 e. The lowest BCUT2D eigenvalue weighted by Gasteiger charge is -2.33. The highest BCUT2D eigenvalue weighted by molar-refractivity contribution is 4.78. The molecule has 0 rings (SSSR count). The van der Waals surface area contributed by atoms with Crippen LogP contribution in [0.1, 0.15) is 118 Å². The van der Waals surface area contributed by atoms with Gasteiger partial charge < -0.3 is 0 Å². The van der Waals surface area contributed by atoms with Crippen LogP contribution in [0.2, 0.25) is 0 Å². The highest BCUT2D eigenvalue weighted by Gasteiger charge is 2.25. The summed E-state index contributed by atoms with van der Waals surface area (Å²) in [5.74, 6) is 0. The molecular weight excluding hydrogens is 228 g/mol. The van der Waals surface area contributed by atoms with Crippen LogP contribution < -0.4 is 0 Å². The second-order valence-corrected chi connectivity index (χ2v) is 6.58. The van der Waals surface area contributed by atoms with E-state index < -0.39 is 0 Å². The molecule has 116 valence electrons. The normalized spacial score (nSPS) is 12.0. The fourth-order valence-electron chi connectivity index (χ4n) is 3.29. The summed E-state index contributed by atoms with van der Waals surface area (Å²) in [6.07, 6.45) is 20.1. The molecule has 0 aliphatic carbocycles. The molecule has 0 heteroatoms. The van der Waals surface area contributed by atoms with E-state index >= 15 is 0 Å². The number of hydrogen-bond acceptors (Lipinski definition) is 0. The molecule has 0 bridgehead atoms. The maximum absolute atomic E-state index is 2.43. The van der Waals surface area contributed by atoms with E-state index in [1.807, 2.05) is 0 Å². The largest absolute Gasteiger partial charge is 0.0654 e. The Balaban J connectivity index is 4.00. The van der Waals surface area contributed by atoms with Crippen LogP contribution >= 0.6 is 0 Å². The summed E-state index contributed by atoms with van der Waals surface area (Å²) in [4.78, 5) is 0. The van der Waals surface area contributed by atoms with Gasteiger partial charge in [-0.15, -0.1) is 0 Å². The van der Waals surface area contributed by atoms with Crippen molar-refractivity contribution in [3.8, 4) is 0 Å². The first-order valence-electron chi connectivity index (χ1n) is 9.24. The van der Waals surface area contributed by atoms with Gasteiger partial charge in [0.2, 0.25) is 0 Å². The molecule has 0 heterocycles. The average molecular weight is 269 g/mol. The van der Waals surface area contributed by atoms with Crippen molar-refractivity contribution in [3.05, 3.63) is 0 Å². The lowest BCUT2D eigenvalue weighted by Crippen LogP contribution is -2.20. The molecule has 0 aliphatic heterocycles. The molecule has 0 nitrogen and oxygen atoms in total. The van der Waals surface area contributed by atoms with Gasteiger partial charge in [-0.25, -0.2) is 0 Å². The van der Waals surface area contributed by atoms with E-state index in [4.69, 9.17) is 0 Å². The molecule has 0 N–H and O–H groups in total. The Hall–Kier alpha value is 0. The van der Waals surface area contributed by atoms with Crippen molar-refractivity contribution >= 4 is 0 Å². The Morgan fingerprint density at radius 2 is 0.895 bits per heavy atom. The second-order valence-electron chi connectivity index (χ2n) is 6.58. The van der Waals surface area contributed by atoms with Crippen molar-refractivity contribution in [2.24, 2.45) is 5.41 Å². The van der Waals surface area contributed by atoms with E-state index in [9.17, 15) is 0 Å². The molecule has 0 aromatic carbocycles. The topological polar surface area (TPSA) is 0 Å².